The van der Waals surface area contributed by atoms with Crippen molar-refractivity contribution in [1.29, 1.82) is 0 Å². The van der Waals surface area contributed by atoms with Gasteiger partial charge in [0.25, 0.3) is 5.69 Å². The van der Waals surface area contributed by atoms with Gasteiger partial charge in [0.15, 0.2) is 0 Å². The van der Waals surface area contributed by atoms with Crippen LogP contribution in [0.2, 0.25) is 0 Å². The fraction of sp³-hybridized carbons (Fsp3) is 0.154. The van der Waals surface area contributed by atoms with E-state index in [1.165, 1.54) is 18.2 Å². The Balaban J connectivity index is 2.20. The fourth-order valence-electron chi connectivity index (χ4n) is 1.90. The predicted octanol–water partition coefficient (Wildman–Crippen LogP) is 2.65. The van der Waals surface area contributed by atoms with Crippen LogP contribution >= 0.6 is 0 Å². The van der Waals surface area contributed by atoms with Crippen LogP contribution in [0.1, 0.15) is 17.9 Å². The van der Waals surface area contributed by atoms with Crippen molar-refractivity contribution in [2.24, 2.45) is 0 Å². The molecule has 0 spiro atoms. The van der Waals surface area contributed by atoms with Crippen molar-refractivity contribution in [2.45, 2.75) is 12.3 Å². The minimum atomic E-state index is -0.955. The zero-order valence-corrected chi connectivity index (χ0v) is 9.45. The predicted molar refractivity (Wildman–Crippen MR) is 65.3 cm³/mol. The number of rotatable bonds is 3. The van der Waals surface area contributed by atoms with E-state index in [0.717, 1.165) is 5.56 Å². The number of allylic oxidation sites excluding steroid dienone is 2. The molecule has 1 aliphatic carbocycles. The summed E-state index contributed by atoms with van der Waals surface area (Å²) in [5, 5.41) is 19.5. The first-order valence-corrected chi connectivity index (χ1v) is 5.44. The number of benzene rings is 1. The Hall–Kier alpha value is -2.43. The maximum absolute atomic E-state index is 10.7. The second kappa shape index (κ2) is 4.83. The smallest absolute Gasteiger partial charge is 0.335 e. The van der Waals surface area contributed by atoms with Crippen LogP contribution in [0.3, 0.4) is 0 Å². The molecule has 0 saturated carbocycles. The van der Waals surface area contributed by atoms with Crippen LogP contribution in [0.5, 0.6) is 0 Å². The number of nitro groups is 1. The molecule has 0 aromatic heterocycles. The molecule has 0 heterocycles. The molecule has 0 fully saturated rings. The monoisotopic (exact) mass is 245 g/mol. The van der Waals surface area contributed by atoms with E-state index < -0.39 is 10.9 Å². The van der Waals surface area contributed by atoms with E-state index in [0.29, 0.717) is 6.42 Å². The quantitative estimate of drug-likeness (QED) is 0.655. The summed E-state index contributed by atoms with van der Waals surface area (Å²) in [4.78, 5) is 21.0. The second-order valence-electron chi connectivity index (χ2n) is 4.02. The Morgan fingerprint density at radius 3 is 2.78 bits per heavy atom. The summed E-state index contributed by atoms with van der Waals surface area (Å²) in [6.45, 7) is 0. The van der Waals surface area contributed by atoms with Gasteiger partial charge in [0.05, 0.1) is 10.5 Å². The van der Waals surface area contributed by atoms with Gasteiger partial charge >= 0.3 is 5.97 Å². The number of non-ortho nitro benzene ring substituents is 1. The van der Waals surface area contributed by atoms with E-state index in [4.69, 9.17) is 5.11 Å². The first-order valence-electron chi connectivity index (χ1n) is 5.44. The lowest BCUT2D eigenvalue weighted by molar-refractivity contribution is -0.384. The summed E-state index contributed by atoms with van der Waals surface area (Å²) in [6.07, 6.45) is 5.48. The summed E-state index contributed by atoms with van der Waals surface area (Å²) >= 11 is 0. The minimum absolute atomic E-state index is 0.00648. The van der Waals surface area contributed by atoms with E-state index in [9.17, 15) is 14.9 Å². The van der Waals surface area contributed by atoms with Crippen molar-refractivity contribution in [3.05, 3.63) is 63.7 Å². The van der Waals surface area contributed by atoms with Gasteiger partial charge in [-0.15, -0.1) is 0 Å². The number of carboxylic acids is 1. The Labute approximate surface area is 103 Å². The third-order valence-corrected chi connectivity index (χ3v) is 2.86. The molecule has 0 radical (unpaired) electrons. The van der Waals surface area contributed by atoms with Crippen LogP contribution in [-0.4, -0.2) is 16.0 Å². The molecule has 2 rings (SSSR count). The molecule has 0 aliphatic heterocycles. The molecule has 0 bridgehead atoms. The summed E-state index contributed by atoms with van der Waals surface area (Å²) in [5.74, 6) is -0.961. The van der Waals surface area contributed by atoms with Crippen LogP contribution < -0.4 is 0 Å². The van der Waals surface area contributed by atoms with Crippen LogP contribution in [-0.2, 0) is 4.79 Å². The average molecular weight is 245 g/mol. The maximum atomic E-state index is 10.7. The van der Waals surface area contributed by atoms with E-state index in [-0.39, 0.29) is 17.2 Å². The number of carboxylic acid groups (broad SMARTS) is 1. The lowest BCUT2D eigenvalue weighted by atomic mass is 9.90. The van der Waals surface area contributed by atoms with Gasteiger partial charge in [0, 0.05) is 18.1 Å². The van der Waals surface area contributed by atoms with Crippen molar-refractivity contribution in [1.82, 2.24) is 0 Å². The van der Waals surface area contributed by atoms with Crippen molar-refractivity contribution < 1.29 is 14.8 Å². The van der Waals surface area contributed by atoms with Crippen LogP contribution in [0.25, 0.3) is 0 Å². The molecule has 0 amide bonds. The van der Waals surface area contributed by atoms with Crippen LogP contribution in [0, 0.1) is 10.1 Å². The Morgan fingerprint density at radius 1 is 1.44 bits per heavy atom. The summed E-state index contributed by atoms with van der Waals surface area (Å²) in [6, 6.07) is 6.41. The molecule has 1 aromatic carbocycles. The van der Waals surface area contributed by atoms with Crippen molar-refractivity contribution in [2.75, 3.05) is 0 Å². The number of hydrogen-bond donors (Lipinski definition) is 1. The van der Waals surface area contributed by atoms with E-state index in [2.05, 4.69) is 0 Å². The average Bonchev–Trinajstić information content (AvgIpc) is 2.39. The van der Waals surface area contributed by atoms with Gasteiger partial charge in [-0.25, -0.2) is 4.79 Å². The van der Waals surface area contributed by atoms with Crippen molar-refractivity contribution in [3.8, 4) is 0 Å². The van der Waals surface area contributed by atoms with Gasteiger partial charge in [-0.1, -0.05) is 30.4 Å². The molecule has 92 valence electrons. The Morgan fingerprint density at radius 2 is 2.22 bits per heavy atom. The number of nitrogens with zero attached hydrogens (tertiary/aromatic N) is 1. The Bertz CT molecular complexity index is 560. The number of carbonyl (C=O) groups is 1. The van der Waals surface area contributed by atoms with Crippen molar-refractivity contribution >= 4 is 11.7 Å². The molecule has 5 heteroatoms. The third kappa shape index (κ3) is 2.45. The molecule has 1 aromatic rings. The topological polar surface area (TPSA) is 80.4 Å². The lowest BCUT2D eigenvalue weighted by Crippen LogP contribution is -2.05. The zero-order valence-electron chi connectivity index (χ0n) is 9.45. The summed E-state index contributed by atoms with van der Waals surface area (Å²) in [5.41, 5.74) is 1.13. The highest BCUT2D eigenvalue weighted by Gasteiger charge is 2.16. The molecular formula is C13H11NO4. The highest BCUT2D eigenvalue weighted by molar-refractivity contribution is 5.90. The first-order chi connectivity index (χ1) is 8.58. The van der Waals surface area contributed by atoms with Gasteiger partial charge < -0.3 is 5.11 Å². The fourth-order valence-corrected chi connectivity index (χ4v) is 1.90. The normalized spacial score (nSPS) is 18.2. The van der Waals surface area contributed by atoms with E-state index >= 15 is 0 Å². The van der Waals surface area contributed by atoms with E-state index in [1.807, 2.05) is 6.07 Å². The number of nitro benzene ring substituents is 1. The van der Waals surface area contributed by atoms with Crippen molar-refractivity contribution in [3.63, 3.8) is 0 Å². The standard InChI is InChI=1S/C13H11NO4/c15-13(16)10-6-4-9(5-7-10)11-2-1-3-12(8-11)14(17)18/h1-4,6-9H,5H2,(H,15,16). The molecule has 0 saturated heterocycles. The summed E-state index contributed by atoms with van der Waals surface area (Å²) < 4.78 is 0. The SMILES string of the molecule is O=C(O)C1=CCC(c2cccc([N+](=O)[O-])c2)C=C1. The number of hydrogen-bond acceptors (Lipinski definition) is 3. The van der Waals surface area contributed by atoms with Gasteiger partial charge in [-0.3, -0.25) is 10.1 Å². The molecule has 18 heavy (non-hydrogen) atoms. The van der Waals surface area contributed by atoms with Gasteiger partial charge in [-0.05, 0) is 12.0 Å². The molecular weight excluding hydrogens is 234 g/mol. The first kappa shape index (κ1) is 12.0. The van der Waals surface area contributed by atoms with Gasteiger partial charge in [0.1, 0.15) is 0 Å². The highest BCUT2D eigenvalue weighted by Crippen LogP contribution is 2.28. The largest absolute Gasteiger partial charge is 0.478 e. The zero-order chi connectivity index (χ0) is 13.1. The van der Waals surface area contributed by atoms with E-state index in [1.54, 1.807) is 18.2 Å². The Kier molecular flexibility index (Phi) is 3.23. The highest BCUT2D eigenvalue weighted by atomic mass is 16.6. The molecule has 1 atom stereocenters. The molecule has 1 unspecified atom stereocenters. The molecule has 1 N–H and O–H groups in total. The third-order valence-electron chi connectivity index (χ3n) is 2.86. The lowest BCUT2D eigenvalue weighted by Gasteiger charge is -2.14. The minimum Gasteiger partial charge on any atom is -0.478 e. The molecule has 1 aliphatic rings. The van der Waals surface area contributed by atoms with Gasteiger partial charge in [0.2, 0.25) is 0 Å². The number of aliphatic carboxylic acids is 1. The maximum Gasteiger partial charge on any atom is 0.335 e. The summed E-state index contributed by atoms with van der Waals surface area (Å²) in [7, 11) is 0. The van der Waals surface area contributed by atoms with Crippen LogP contribution in [0.15, 0.2) is 48.1 Å². The van der Waals surface area contributed by atoms with Gasteiger partial charge in [-0.2, -0.15) is 0 Å². The van der Waals surface area contributed by atoms with Crippen LogP contribution in [0.4, 0.5) is 5.69 Å². The second-order valence-corrected chi connectivity index (χ2v) is 4.02. The molecule has 5 nitrogen and oxygen atoms in total.